The Hall–Kier alpha value is -6.59. The van der Waals surface area contributed by atoms with Gasteiger partial charge in [-0.2, -0.15) is 0 Å². The van der Waals surface area contributed by atoms with Gasteiger partial charge in [0, 0.05) is 49.0 Å². The van der Waals surface area contributed by atoms with Gasteiger partial charge in [-0.05, 0) is 59.3 Å². The van der Waals surface area contributed by atoms with Crippen molar-refractivity contribution in [3.05, 3.63) is 146 Å². The lowest BCUT2D eigenvalue weighted by atomic mass is 9.97. The molecule has 0 bridgehead atoms. The third-order valence-electron chi connectivity index (χ3n) is 9.74. The van der Waals surface area contributed by atoms with E-state index >= 15 is 0 Å². The summed E-state index contributed by atoms with van der Waals surface area (Å²) in [6.07, 6.45) is 0. The van der Waals surface area contributed by atoms with Gasteiger partial charge in [-0.25, -0.2) is 15.0 Å². The molecule has 0 saturated carbocycles. The molecule has 0 unspecified atom stereocenters. The summed E-state index contributed by atoms with van der Waals surface area (Å²) >= 11 is 0. The molecular formula is C43H24N4O. The zero-order valence-corrected chi connectivity index (χ0v) is 25.6. The molecule has 4 heterocycles. The standard InChI is InChI=1S/C43H24N4O/c1-2-10-26(11-3-1)41-44-42(27-20-21-38-32(22-27)30-15-5-7-19-37(30)48-38)46-43(45-41)28-23-33-29-14-4-6-17-35(29)47-36-18-9-13-25-12-8-16-31(39(25)36)34(24-28)40(33)47/h1-24H. The first-order valence-electron chi connectivity index (χ1n) is 16.1. The van der Waals surface area contributed by atoms with Crippen molar-refractivity contribution >= 4 is 70.8 Å². The fraction of sp³-hybridized carbons (Fsp3) is 0. The minimum absolute atomic E-state index is 0.620. The molecule has 0 spiro atoms. The maximum absolute atomic E-state index is 6.13. The predicted molar refractivity (Wildman–Crippen MR) is 196 cm³/mol. The highest BCUT2D eigenvalue weighted by atomic mass is 16.3. The Morgan fingerprint density at radius 2 is 1.00 bits per heavy atom. The van der Waals surface area contributed by atoms with Crippen LogP contribution in [0.1, 0.15) is 0 Å². The van der Waals surface area contributed by atoms with E-state index in [1.54, 1.807) is 0 Å². The van der Waals surface area contributed by atoms with Crippen LogP contribution in [0, 0.1) is 0 Å². The summed E-state index contributed by atoms with van der Waals surface area (Å²) in [5.41, 5.74) is 8.12. The molecule has 7 aromatic carbocycles. The smallest absolute Gasteiger partial charge is 0.164 e. The van der Waals surface area contributed by atoms with Crippen molar-refractivity contribution in [2.45, 2.75) is 0 Å². The van der Waals surface area contributed by atoms with Gasteiger partial charge < -0.3 is 8.82 Å². The van der Waals surface area contributed by atoms with E-state index in [9.17, 15) is 0 Å². The quantitative estimate of drug-likeness (QED) is 0.147. The molecule has 0 aliphatic carbocycles. The monoisotopic (exact) mass is 612 g/mol. The Kier molecular flexibility index (Phi) is 5.05. The summed E-state index contributed by atoms with van der Waals surface area (Å²) in [4.78, 5) is 15.4. The number of nitrogens with zero attached hydrogens (tertiary/aromatic N) is 4. The molecule has 0 N–H and O–H groups in total. The third kappa shape index (κ3) is 3.53. The molecular weight excluding hydrogens is 589 g/mol. The topological polar surface area (TPSA) is 56.2 Å². The summed E-state index contributed by atoms with van der Waals surface area (Å²) in [6.45, 7) is 0. The van der Waals surface area contributed by atoms with Gasteiger partial charge >= 0.3 is 0 Å². The third-order valence-corrected chi connectivity index (χ3v) is 9.74. The van der Waals surface area contributed by atoms with Crippen LogP contribution in [0.2, 0.25) is 0 Å². The van der Waals surface area contributed by atoms with Crippen molar-refractivity contribution in [3.63, 3.8) is 0 Å². The Morgan fingerprint density at radius 1 is 0.396 bits per heavy atom. The average Bonchev–Trinajstić information content (AvgIpc) is 3.70. The van der Waals surface area contributed by atoms with E-state index in [-0.39, 0.29) is 0 Å². The minimum Gasteiger partial charge on any atom is -0.456 e. The van der Waals surface area contributed by atoms with Gasteiger partial charge in [0.1, 0.15) is 11.2 Å². The molecule has 222 valence electrons. The van der Waals surface area contributed by atoms with E-state index in [0.717, 1.165) is 38.6 Å². The second-order valence-corrected chi connectivity index (χ2v) is 12.4. The zero-order valence-electron chi connectivity index (χ0n) is 25.6. The zero-order chi connectivity index (χ0) is 31.3. The average molecular weight is 613 g/mol. The van der Waals surface area contributed by atoms with E-state index in [0.29, 0.717) is 17.5 Å². The van der Waals surface area contributed by atoms with E-state index in [1.165, 1.54) is 48.9 Å². The van der Waals surface area contributed by atoms with Gasteiger partial charge in [0.05, 0.1) is 16.6 Å². The van der Waals surface area contributed by atoms with E-state index < -0.39 is 0 Å². The summed E-state index contributed by atoms with van der Waals surface area (Å²) in [5, 5.41) is 9.38. The van der Waals surface area contributed by atoms with Crippen LogP contribution in [-0.4, -0.2) is 19.4 Å². The molecule has 0 aliphatic rings. The summed E-state index contributed by atoms with van der Waals surface area (Å²) in [7, 11) is 0. The molecule has 0 radical (unpaired) electrons. The van der Waals surface area contributed by atoms with Crippen LogP contribution in [0.4, 0.5) is 0 Å². The van der Waals surface area contributed by atoms with Crippen LogP contribution in [0.3, 0.4) is 0 Å². The van der Waals surface area contributed by atoms with Crippen LogP contribution in [-0.2, 0) is 0 Å². The molecule has 11 rings (SSSR count). The van der Waals surface area contributed by atoms with Crippen LogP contribution < -0.4 is 0 Å². The highest BCUT2D eigenvalue weighted by Gasteiger charge is 2.21. The lowest BCUT2D eigenvalue weighted by Crippen LogP contribution is -2.00. The Labute approximate surface area is 273 Å². The lowest BCUT2D eigenvalue weighted by molar-refractivity contribution is 0.669. The fourth-order valence-electron chi connectivity index (χ4n) is 7.63. The molecule has 0 fully saturated rings. The minimum atomic E-state index is 0.620. The number of hydrogen-bond acceptors (Lipinski definition) is 4. The second-order valence-electron chi connectivity index (χ2n) is 12.4. The van der Waals surface area contributed by atoms with Crippen molar-refractivity contribution in [3.8, 4) is 34.2 Å². The van der Waals surface area contributed by atoms with Crippen LogP contribution in [0.25, 0.3) is 105 Å². The van der Waals surface area contributed by atoms with Gasteiger partial charge in [0.2, 0.25) is 0 Å². The molecule has 11 aromatic rings. The number of fused-ring (bicyclic) bond motifs is 8. The normalized spacial score (nSPS) is 12.2. The predicted octanol–water partition coefficient (Wildman–Crippen LogP) is 11.1. The van der Waals surface area contributed by atoms with Gasteiger partial charge in [-0.15, -0.1) is 0 Å². The number of para-hydroxylation sites is 2. The van der Waals surface area contributed by atoms with Gasteiger partial charge in [0.15, 0.2) is 17.5 Å². The van der Waals surface area contributed by atoms with Crippen LogP contribution in [0.5, 0.6) is 0 Å². The van der Waals surface area contributed by atoms with Crippen molar-refractivity contribution < 1.29 is 4.42 Å². The molecule has 0 saturated heterocycles. The SMILES string of the molecule is c1ccc(-c2nc(-c3ccc4oc5ccccc5c4c3)nc(-c3cc4c5cccc6cccc(c65)n5c6ccccc6c(c3)c45)n2)cc1. The summed E-state index contributed by atoms with van der Waals surface area (Å²) < 4.78 is 8.56. The number of rotatable bonds is 3. The molecule has 4 aromatic heterocycles. The van der Waals surface area contributed by atoms with Crippen molar-refractivity contribution in [2.24, 2.45) is 0 Å². The fourth-order valence-corrected chi connectivity index (χ4v) is 7.63. The number of pyridine rings is 1. The van der Waals surface area contributed by atoms with Crippen molar-refractivity contribution in [1.29, 1.82) is 0 Å². The molecule has 5 nitrogen and oxygen atoms in total. The number of hydrogen-bond donors (Lipinski definition) is 0. The van der Waals surface area contributed by atoms with Crippen LogP contribution in [0.15, 0.2) is 150 Å². The highest BCUT2D eigenvalue weighted by Crippen LogP contribution is 2.42. The van der Waals surface area contributed by atoms with Gasteiger partial charge in [-0.1, -0.05) is 97.1 Å². The largest absolute Gasteiger partial charge is 0.456 e. The Bertz CT molecular complexity index is 3060. The maximum Gasteiger partial charge on any atom is 0.164 e. The van der Waals surface area contributed by atoms with Crippen molar-refractivity contribution in [2.75, 3.05) is 0 Å². The molecule has 5 heteroatoms. The number of furan rings is 1. The number of benzene rings is 7. The Morgan fingerprint density at radius 3 is 1.85 bits per heavy atom. The first-order valence-corrected chi connectivity index (χ1v) is 16.1. The second kappa shape index (κ2) is 9.47. The van der Waals surface area contributed by atoms with Gasteiger partial charge in [-0.3, -0.25) is 0 Å². The molecule has 0 atom stereocenters. The molecule has 0 aliphatic heterocycles. The molecule has 0 amide bonds. The van der Waals surface area contributed by atoms with E-state index in [1.807, 2.05) is 60.7 Å². The lowest BCUT2D eigenvalue weighted by Gasteiger charge is -2.14. The Balaban J connectivity index is 1.23. The van der Waals surface area contributed by atoms with E-state index in [2.05, 4.69) is 89.3 Å². The van der Waals surface area contributed by atoms with E-state index in [4.69, 9.17) is 19.4 Å². The van der Waals surface area contributed by atoms with Gasteiger partial charge in [0.25, 0.3) is 0 Å². The summed E-state index contributed by atoms with van der Waals surface area (Å²) in [6, 6.07) is 50.8. The summed E-state index contributed by atoms with van der Waals surface area (Å²) in [5.74, 6) is 1.89. The first-order chi connectivity index (χ1) is 23.8. The van der Waals surface area contributed by atoms with Crippen LogP contribution >= 0.6 is 0 Å². The highest BCUT2D eigenvalue weighted by molar-refractivity contribution is 6.27. The number of aromatic nitrogens is 4. The maximum atomic E-state index is 6.13. The van der Waals surface area contributed by atoms with Crippen molar-refractivity contribution in [1.82, 2.24) is 19.4 Å². The first kappa shape index (κ1) is 25.6. The molecule has 48 heavy (non-hydrogen) atoms.